The fraction of sp³-hybridized carbons (Fsp3) is 0.207. The van der Waals surface area contributed by atoms with Crippen LogP contribution in [0.25, 0.3) is 0 Å². The van der Waals surface area contributed by atoms with E-state index in [1.54, 1.807) is 0 Å². The molecular formula is C29H24O2. The Balaban J connectivity index is 1.67. The SMILES string of the molecule is O=C(OC(C#Cc1ccccc1)(CCC#Cc1ccccc1)c1ccccc1)C1CC1. The maximum atomic E-state index is 12.7. The predicted octanol–water partition coefficient (Wildman–Crippen LogP) is 5.72. The van der Waals surface area contributed by atoms with Gasteiger partial charge in [-0.25, -0.2) is 0 Å². The summed E-state index contributed by atoms with van der Waals surface area (Å²) in [5, 5.41) is 0. The first-order valence-electron chi connectivity index (χ1n) is 10.7. The van der Waals surface area contributed by atoms with E-state index in [9.17, 15) is 4.79 Å². The summed E-state index contributed by atoms with van der Waals surface area (Å²) >= 11 is 0. The van der Waals surface area contributed by atoms with Crippen molar-refractivity contribution < 1.29 is 9.53 Å². The van der Waals surface area contributed by atoms with E-state index in [1.165, 1.54) is 0 Å². The van der Waals surface area contributed by atoms with Crippen molar-refractivity contribution in [2.75, 3.05) is 0 Å². The van der Waals surface area contributed by atoms with E-state index in [-0.39, 0.29) is 11.9 Å². The zero-order valence-electron chi connectivity index (χ0n) is 17.4. The predicted molar refractivity (Wildman–Crippen MR) is 123 cm³/mol. The van der Waals surface area contributed by atoms with Gasteiger partial charge in [-0.1, -0.05) is 84.5 Å². The minimum atomic E-state index is -1.03. The van der Waals surface area contributed by atoms with Crippen molar-refractivity contribution in [2.45, 2.75) is 31.3 Å². The van der Waals surface area contributed by atoms with Gasteiger partial charge >= 0.3 is 5.97 Å². The number of benzene rings is 3. The maximum Gasteiger partial charge on any atom is 0.310 e. The molecule has 0 saturated heterocycles. The van der Waals surface area contributed by atoms with Crippen LogP contribution in [0.15, 0.2) is 91.0 Å². The van der Waals surface area contributed by atoms with Gasteiger partial charge in [0.1, 0.15) is 0 Å². The van der Waals surface area contributed by atoms with Crippen LogP contribution < -0.4 is 0 Å². The molecule has 4 rings (SSSR count). The van der Waals surface area contributed by atoms with Crippen LogP contribution in [-0.4, -0.2) is 5.97 Å². The van der Waals surface area contributed by atoms with Crippen LogP contribution in [0.2, 0.25) is 0 Å². The molecule has 0 heterocycles. The van der Waals surface area contributed by atoms with E-state index in [1.807, 2.05) is 91.0 Å². The van der Waals surface area contributed by atoms with Crippen LogP contribution in [0, 0.1) is 29.6 Å². The van der Waals surface area contributed by atoms with Crippen molar-refractivity contribution in [2.24, 2.45) is 5.92 Å². The Labute approximate surface area is 184 Å². The fourth-order valence-corrected chi connectivity index (χ4v) is 3.32. The Morgan fingerprint density at radius 2 is 1.35 bits per heavy atom. The average Bonchev–Trinajstić information content (AvgIpc) is 3.68. The fourth-order valence-electron chi connectivity index (χ4n) is 3.32. The average molecular weight is 405 g/mol. The van der Waals surface area contributed by atoms with E-state index < -0.39 is 5.60 Å². The largest absolute Gasteiger partial charge is 0.441 e. The Morgan fingerprint density at radius 1 is 0.806 bits per heavy atom. The van der Waals surface area contributed by atoms with Crippen LogP contribution in [0.5, 0.6) is 0 Å². The van der Waals surface area contributed by atoms with Crippen molar-refractivity contribution in [3.63, 3.8) is 0 Å². The lowest BCUT2D eigenvalue weighted by atomic mass is 9.88. The molecule has 152 valence electrons. The molecule has 1 aliphatic carbocycles. The first-order chi connectivity index (χ1) is 15.3. The standard InChI is InChI=1S/C29H24O2/c30-28(26-19-20-26)31-29(27-17-8-3-9-18-27,23-21-25-14-6-2-7-15-25)22-11-10-16-24-12-4-1-5-13-24/h1-9,12-15,17-18,26H,11,19-20,22H2. The van der Waals surface area contributed by atoms with Crippen molar-refractivity contribution in [1.29, 1.82) is 0 Å². The minimum absolute atomic E-state index is 0.00276. The first-order valence-corrected chi connectivity index (χ1v) is 10.7. The summed E-state index contributed by atoms with van der Waals surface area (Å²) in [7, 11) is 0. The zero-order chi connectivity index (χ0) is 21.4. The van der Waals surface area contributed by atoms with Gasteiger partial charge in [-0.15, -0.1) is 0 Å². The second-order valence-corrected chi connectivity index (χ2v) is 7.67. The molecule has 1 fully saturated rings. The molecule has 3 aromatic carbocycles. The molecule has 2 heteroatoms. The molecule has 0 N–H and O–H groups in total. The molecule has 0 amide bonds. The highest BCUT2D eigenvalue weighted by atomic mass is 16.6. The van der Waals surface area contributed by atoms with Gasteiger partial charge < -0.3 is 4.74 Å². The van der Waals surface area contributed by atoms with Gasteiger partial charge in [0.05, 0.1) is 5.92 Å². The first kappa shape index (κ1) is 20.5. The molecule has 3 aromatic rings. The molecule has 31 heavy (non-hydrogen) atoms. The maximum absolute atomic E-state index is 12.7. The van der Waals surface area contributed by atoms with Crippen LogP contribution >= 0.6 is 0 Å². The van der Waals surface area contributed by atoms with Crippen LogP contribution in [0.3, 0.4) is 0 Å². The van der Waals surface area contributed by atoms with Gasteiger partial charge in [-0.2, -0.15) is 0 Å². The Hall–Kier alpha value is -3.75. The van der Waals surface area contributed by atoms with Crippen molar-refractivity contribution in [1.82, 2.24) is 0 Å². The molecule has 1 aliphatic rings. The monoisotopic (exact) mass is 404 g/mol. The summed E-state index contributed by atoms with van der Waals surface area (Å²) in [6.07, 6.45) is 2.85. The molecule has 1 unspecified atom stereocenters. The number of carbonyl (C=O) groups is 1. The smallest absolute Gasteiger partial charge is 0.310 e. The Morgan fingerprint density at radius 3 is 1.94 bits per heavy atom. The zero-order valence-corrected chi connectivity index (χ0v) is 17.4. The van der Waals surface area contributed by atoms with E-state index in [0.29, 0.717) is 12.8 Å². The Bertz CT molecular complexity index is 1120. The third-order valence-electron chi connectivity index (χ3n) is 5.22. The topological polar surface area (TPSA) is 26.3 Å². The highest BCUT2D eigenvalue weighted by molar-refractivity contribution is 5.76. The van der Waals surface area contributed by atoms with Gasteiger partial charge in [0.15, 0.2) is 5.60 Å². The number of ether oxygens (including phenoxy) is 1. The molecule has 0 spiro atoms. The van der Waals surface area contributed by atoms with Crippen LogP contribution in [0.1, 0.15) is 42.4 Å². The highest BCUT2D eigenvalue weighted by Crippen LogP contribution is 2.37. The summed E-state index contributed by atoms with van der Waals surface area (Å²) in [4.78, 5) is 12.7. The van der Waals surface area contributed by atoms with Crippen LogP contribution in [0.4, 0.5) is 0 Å². The van der Waals surface area contributed by atoms with Crippen molar-refractivity contribution >= 4 is 5.97 Å². The van der Waals surface area contributed by atoms with E-state index in [2.05, 4.69) is 23.7 Å². The molecule has 0 aliphatic heterocycles. The van der Waals surface area contributed by atoms with Crippen molar-refractivity contribution in [3.8, 4) is 23.7 Å². The number of hydrogen-bond donors (Lipinski definition) is 0. The lowest BCUT2D eigenvalue weighted by Crippen LogP contribution is -2.32. The summed E-state index contributed by atoms with van der Waals surface area (Å²) in [6.45, 7) is 0. The number of esters is 1. The van der Waals surface area contributed by atoms with Gasteiger partial charge in [0, 0.05) is 29.5 Å². The van der Waals surface area contributed by atoms with Gasteiger partial charge in [0.2, 0.25) is 0 Å². The molecule has 1 saturated carbocycles. The van der Waals surface area contributed by atoms with E-state index >= 15 is 0 Å². The van der Waals surface area contributed by atoms with E-state index in [0.717, 1.165) is 29.5 Å². The second kappa shape index (κ2) is 9.84. The third kappa shape index (κ3) is 5.65. The second-order valence-electron chi connectivity index (χ2n) is 7.67. The van der Waals surface area contributed by atoms with Gasteiger partial charge in [0.25, 0.3) is 0 Å². The van der Waals surface area contributed by atoms with Gasteiger partial charge in [-0.05, 0) is 43.0 Å². The minimum Gasteiger partial charge on any atom is -0.441 e. The Kier molecular flexibility index (Phi) is 6.51. The highest BCUT2D eigenvalue weighted by Gasteiger charge is 2.40. The quantitative estimate of drug-likeness (QED) is 0.402. The lowest BCUT2D eigenvalue weighted by Gasteiger charge is -2.29. The molecular weight excluding hydrogens is 380 g/mol. The molecule has 0 bridgehead atoms. The third-order valence-corrected chi connectivity index (χ3v) is 5.22. The normalized spacial score (nSPS) is 14.2. The van der Waals surface area contributed by atoms with Crippen molar-refractivity contribution in [3.05, 3.63) is 108 Å². The number of carbonyl (C=O) groups excluding carboxylic acids is 1. The summed E-state index contributed by atoms with van der Waals surface area (Å²) in [5.41, 5.74) is 1.72. The van der Waals surface area contributed by atoms with Crippen LogP contribution in [-0.2, 0) is 15.1 Å². The lowest BCUT2D eigenvalue weighted by molar-refractivity contribution is -0.157. The van der Waals surface area contributed by atoms with E-state index in [4.69, 9.17) is 4.74 Å². The summed E-state index contributed by atoms with van der Waals surface area (Å²) < 4.78 is 6.14. The molecule has 0 radical (unpaired) electrons. The summed E-state index contributed by atoms with van der Waals surface area (Å²) in [5.74, 6) is 12.8. The summed E-state index contributed by atoms with van der Waals surface area (Å²) in [6, 6.07) is 29.5. The molecule has 0 aromatic heterocycles. The van der Waals surface area contributed by atoms with Gasteiger partial charge in [-0.3, -0.25) is 4.79 Å². The molecule has 2 nitrogen and oxygen atoms in total. The number of rotatable bonds is 5. The number of hydrogen-bond acceptors (Lipinski definition) is 2. The molecule has 1 atom stereocenters.